The molecule has 1 atom stereocenters. The molecule has 0 aromatic heterocycles. The van der Waals surface area contributed by atoms with Crippen LogP contribution in [0.15, 0.2) is 24.3 Å². The summed E-state index contributed by atoms with van der Waals surface area (Å²) in [5.41, 5.74) is 2.00. The third kappa shape index (κ3) is 9.47. The minimum Gasteiger partial charge on any atom is -0.374 e. The molecule has 2 N–H and O–H groups in total. The number of hydrogen-bond acceptors (Lipinski definition) is 5. The molecule has 2 heterocycles. The van der Waals surface area contributed by atoms with E-state index in [4.69, 9.17) is 0 Å². The van der Waals surface area contributed by atoms with Crippen molar-refractivity contribution in [2.24, 2.45) is 0 Å². The van der Waals surface area contributed by atoms with Gasteiger partial charge in [-0.25, -0.2) is 0 Å². The summed E-state index contributed by atoms with van der Waals surface area (Å²) < 4.78 is 0. The van der Waals surface area contributed by atoms with Gasteiger partial charge in [0.15, 0.2) is 0 Å². The molecule has 0 saturated carbocycles. The van der Waals surface area contributed by atoms with E-state index < -0.39 is 0 Å². The van der Waals surface area contributed by atoms with Crippen molar-refractivity contribution < 1.29 is 14.4 Å². The third-order valence-electron chi connectivity index (χ3n) is 7.44. The minimum atomic E-state index is -0.372. The van der Waals surface area contributed by atoms with Crippen LogP contribution in [0, 0.1) is 0 Å². The summed E-state index contributed by atoms with van der Waals surface area (Å²) in [5.74, 6) is -0.163. The second-order valence-corrected chi connectivity index (χ2v) is 10.3. The van der Waals surface area contributed by atoms with Crippen LogP contribution in [0.5, 0.6) is 0 Å². The van der Waals surface area contributed by atoms with Gasteiger partial charge >= 0.3 is 0 Å². The molecule has 0 radical (unpaired) electrons. The van der Waals surface area contributed by atoms with Gasteiger partial charge in [-0.1, -0.05) is 71.1 Å². The molecule has 36 heavy (non-hydrogen) atoms. The molecule has 1 aromatic carbocycles. The Bertz CT molecular complexity index is 818. The Morgan fingerprint density at radius 3 is 2.03 bits per heavy atom. The molecule has 0 bridgehead atoms. The number of nitrogens with zero attached hydrogens (tertiary/aromatic N) is 2. The summed E-state index contributed by atoms with van der Waals surface area (Å²) in [5, 5.41) is 5.59. The number of rotatable bonds is 15. The van der Waals surface area contributed by atoms with Gasteiger partial charge in [0.25, 0.3) is 0 Å². The van der Waals surface area contributed by atoms with Crippen LogP contribution in [0.3, 0.4) is 0 Å². The van der Waals surface area contributed by atoms with Crippen molar-refractivity contribution in [1.29, 1.82) is 0 Å². The highest BCUT2D eigenvalue weighted by Gasteiger charge is 2.26. The zero-order chi connectivity index (χ0) is 25.6. The van der Waals surface area contributed by atoms with Crippen molar-refractivity contribution in [3.63, 3.8) is 0 Å². The summed E-state index contributed by atoms with van der Waals surface area (Å²) in [7, 11) is 0. The summed E-state index contributed by atoms with van der Waals surface area (Å²) in [4.78, 5) is 40.2. The van der Waals surface area contributed by atoms with Crippen molar-refractivity contribution in [2.45, 2.75) is 103 Å². The average Bonchev–Trinajstić information content (AvgIpc) is 2.89. The highest BCUT2D eigenvalue weighted by atomic mass is 16.2. The first-order chi connectivity index (χ1) is 17.6. The standard InChI is InChI=1S/C29H46N4O3/c1-2-3-4-5-6-7-8-9-10-11-12-13-28(35)33-22-20-32(21-23-33)25-16-14-24(15-17-25)30-26-18-19-27(34)31-29(26)36/h14-17,26,30H,2-13,18-23H2,1H3,(H,31,34,36). The summed E-state index contributed by atoms with van der Waals surface area (Å²) in [6.45, 7) is 5.48. The predicted octanol–water partition coefficient (Wildman–Crippen LogP) is 5.25. The van der Waals surface area contributed by atoms with Gasteiger partial charge in [0.2, 0.25) is 17.7 Å². The smallest absolute Gasteiger partial charge is 0.249 e. The number of carbonyl (C=O) groups excluding carboxylic acids is 3. The second-order valence-electron chi connectivity index (χ2n) is 10.3. The van der Waals surface area contributed by atoms with Crippen LogP contribution >= 0.6 is 0 Å². The van der Waals surface area contributed by atoms with E-state index >= 15 is 0 Å². The van der Waals surface area contributed by atoms with Crippen LogP contribution < -0.4 is 15.5 Å². The van der Waals surface area contributed by atoms with E-state index in [2.05, 4.69) is 34.6 Å². The molecule has 2 fully saturated rings. The van der Waals surface area contributed by atoms with Gasteiger partial charge in [-0.3, -0.25) is 19.7 Å². The fourth-order valence-corrected chi connectivity index (χ4v) is 5.11. The normalized spacial score (nSPS) is 18.3. The van der Waals surface area contributed by atoms with Gasteiger partial charge in [0, 0.05) is 50.4 Å². The molecular weight excluding hydrogens is 452 g/mol. The van der Waals surface area contributed by atoms with Crippen LogP contribution in [0.4, 0.5) is 11.4 Å². The predicted molar refractivity (Wildman–Crippen MR) is 146 cm³/mol. The van der Waals surface area contributed by atoms with Crippen LogP contribution in [0.2, 0.25) is 0 Å². The lowest BCUT2D eigenvalue weighted by Gasteiger charge is -2.36. The lowest BCUT2D eigenvalue weighted by Crippen LogP contribution is -2.48. The van der Waals surface area contributed by atoms with Crippen LogP contribution in [-0.4, -0.2) is 54.8 Å². The molecule has 3 rings (SSSR count). The van der Waals surface area contributed by atoms with Crippen LogP contribution in [0.1, 0.15) is 96.8 Å². The van der Waals surface area contributed by atoms with E-state index in [-0.39, 0.29) is 17.9 Å². The Hall–Kier alpha value is -2.57. The van der Waals surface area contributed by atoms with E-state index in [1.54, 1.807) is 0 Å². The summed E-state index contributed by atoms with van der Waals surface area (Å²) >= 11 is 0. The molecule has 0 spiro atoms. The molecule has 1 aromatic rings. The number of piperidine rings is 1. The second kappa shape index (κ2) is 15.5. The lowest BCUT2D eigenvalue weighted by atomic mass is 10.0. The molecule has 2 saturated heterocycles. The van der Waals surface area contributed by atoms with E-state index in [1.165, 1.54) is 64.2 Å². The highest BCUT2D eigenvalue weighted by Crippen LogP contribution is 2.22. The van der Waals surface area contributed by atoms with Gasteiger partial charge < -0.3 is 15.1 Å². The van der Waals surface area contributed by atoms with Gasteiger partial charge in [0.1, 0.15) is 6.04 Å². The quantitative estimate of drug-likeness (QED) is 0.255. The van der Waals surface area contributed by atoms with Gasteiger partial charge in [-0.2, -0.15) is 0 Å². The van der Waals surface area contributed by atoms with Gasteiger partial charge in [-0.15, -0.1) is 0 Å². The van der Waals surface area contributed by atoms with Crippen LogP contribution in [0.25, 0.3) is 0 Å². The Labute approximate surface area is 217 Å². The first-order valence-electron chi connectivity index (χ1n) is 14.3. The van der Waals surface area contributed by atoms with Crippen molar-refractivity contribution in [2.75, 3.05) is 36.4 Å². The Morgan fingerprint density at radius 2 is 1.44 bits per heavy atom. The van der Waals surface area contributed by atoms with E-state index in [9.17, 15) is 14.4 Å². The average molecular weight is 499 g/mol. The number of benzene rings is 1. The molecule has 2 aliphatic rings. The first kappa shape index (κ1) is 28.0. The fourth-order valence-electron chi connectivity index (χ4n) is 5.11. The number of unbranched alkanes of at least 4 members (excludes halogenated alkanes) is 10. The number of anilines is 2. The SMILES string of the molecule is CCCCCCCCCCCCCC(=O)N1CCN(c2ccc(NC3CCC(=O)NC3=O)cc2)CC1. The Balaban J connectivity index is 1.26. The van der Waals surface area contributed by atoms with Crippen molar-refractivity contribution in [3.05, 3.63) is 24.3 Å². The molecule has 7 heteroatoms. The summed E-state index contributed by atoms with van der Waals surface area (Å²) in [6, 6.07) is 7.68. The lowest BCUT2D eigenvalue weighted by molar-refractivity contribution is -0.134. The summed E-state index contributed by atoms with van der Waals surface area (Å²) in [6.07, 6.45) is 15.9. The Morgan fingerprint density at radius 1 is 0.861 bits per heavy atom. The molecular formula is C29H46N4O3. The number of carbonyl (C=O) groups is 3. The monoisotopic (exact) mass is 498 g/mol. The maximum atomic E-state index is 12.6. The topological polar surface area (TPSA) is 81.8 Å². The molecule has 2 aliphatic heterocycles. The van der Waals surface area contributed by atoms with Gasteiger partial charge in [0.05, 0.1) is 0 Å². The van der Waals surface area contributed by atoms with Crippen molar-refractivity contribution in [3.8, 4) is 0 Å². The number of hydrogen-bond donors (Lipinski definition) is 2. The fraction of sp³-hybridized carbons (Fsp3) is 0.690. The van der Waals surface area contributed by atoms with Gasteiger partial charge in [-0.05, 0) is 37.1 Å². The van der Waals surface area contributed by atoms with Crippen molar-refractivity contribution >= 4 is 29.1 Å². The maximum Gasteiger partial charge on any atom is 0.249 e. The molecule has 200 valence electrons. The maximum absolute atomic E-state index is 12.6. The number of nitrogens with one attached hydrogen (secondary N) is 2. The largest absolute Gasteiger partial charge is 0.374 e. The van der Waals surface area contributed by atoms with E-state index in [0.29, 0.717) is 25.2 Å². The minimum absolute atomic E-state index is 0.204. The molecule has 1 unspecified atom stereocenters. The number of piperazine rings is 1. The Kier molecular flexibility index (Phi) is 12.1. The van der Waals surface area contributed by atoms with E-state index in [0.717, 1.165) is 44.0 Å². The molecule has 7 nitrogen and oxygen atoms in total. The highest BCUT2D eigenvalue weighted by molar-refractivity contribution is 6.01. The zero-order valence-electron chi connectivity index (χ0n) is 22.2. The zero-order valence-corrected chi connectivity index (χ0v) is 22.2. The molecule has 0 aliphatic carbocycles. The number of imide groups is 1. The van der Waals surface area contributed by atoms with E-state index in [1.807, 2.05) is 17.0 Å². The number of amides is 3. The van der Waals surface area contributed by atoms with Crippen LogP contribution in [-0.2, 0) is 14.4 Å². The molecule has 3 amide bonds. The first-order valence-corrected chi connectivity index (χ1v) is 14.3. The van der Waals surface area contributed by atoms with Crippen molar-refractivity contribution in [1.82, 2.24) is 10.2 Å². The third-order valence-corrected chi connectivity index (χ3v) is 7.44.